The van der Waals surface area contributed by atoms with Gasteiger partial charge in [0.2, 0.25) is 5.89 Å². The predicted octanol–water partition coefficient (Wildman–Crippen LogP) is 2.70. The van der Waals surface area contributed by atoms with Gasteiger partial charge < -0.3 is 9.52 Å². The zero-order valence-corrected chi connectivity index (χ0v) is 7.32. The molecule has 0 radical (unpaired) electrons. The molecule has 3 nitrogen and oxygen atoms in total. The highest BCUT2D eigenvalue weighted by atomic mass is 35.5. The van der Waals surface area contributed by atoms with Crippen molar-refractivity contribution in [3.05, 3.63) is 35.6 Å². The van der Waals surface area contributed by atoms with Crippen molar-refractivity contribution in [2.45, 2.75) is 0 Å². The van der Waals surface area contributed by atoms with Gasteiger partial charge in [0.15, 0.2) is 6.26 Å². The fourth-order valence-electron chi connectivity index (χ4n) is 0.990. The number of hydrogen-bond donors (Lipinski definition) is 1. The quantitative estimate of drug-likeness (QED) is 0.761. The highest BCUT2D eigenvalue weighted by Gasteiger charge is 2.04. The molecule has 0 aliphatic rings. The maximum absolute atomic E-state index is 8.94. The molecular formula is C9H6ClNO2. The second-order valence-electron chi connectivity index (χ2n) is 2.52. The summed E-state index contributed by atoms with van der Waals surface area (Å²) in [5.74, 6) is 0.263. The first-order valence-electron chi connectivity index (χ1n) is 3.66. The maximum atomic E-state index is 8.94. The van der Waals surface area contributed by atoms with Crippen molar-refractivity contribution in [1.82, 2.24) is 4.98 Å². The van der Waals surface area contributed by atoms with Crippen LogP contribution >= 0.6 is 11.6 Å². The Morgan fingerprint density at radius 1 is 1.23 bits per heavy atom. The van der Waals surface area contributed by atoms with E-state index >= 15 is 0 Å². The topological polar surface area (TPSA) is 46.3 Å². The molecule has 0 spiro atoms. The Morgan fingerprint density at radius 3 is 2.46 bits per heavy atom. The van der Waals surface area contributed by atoms with E-state index in [1.54, 1.807) is 24.3 Å². The lowest BCUT2D eigenvalue weighted by atomic mass is 10.2. The fourth-order valence-corrected chi connectivity index (χ4v) is 1.12. The average molecular weight is 196 g/mol. The summed E-state index contributed by atoms with van der Waals surface area (Å²) in [6, 6.07) is 7.01. The Hall–Kier alpha value is -1.48. The minimum absolute atomic E-state index is 0.120. The molecule has 0 fully saturated rings. The van der Waals surface area contributed by atoms with Crippen LogP contribution in [0.4, 0.5) is 0 Å². The van der Waals surface area contributed by atoms with Crippen molar-refractivity contribution in [2.24, 2.45) is 0 Å². The highest BCUT2D eigenvalue weighted by molar-refractivity contribution is 6.30. The van der Waals surface area contributed by atoms with Gasteiger partial charge in [0.05, 0.1) is 0 Å². The number of rotatable bonds is 1. The van der Waals surface area contributed by atoms with Crippen molar-refractivity contribution in [3.63, 3.8) is 0 Å². The molecule has 1 heterocycles. The number of benzene rings is 1. The smallest absolute Gasteiger partial charge is 0.250 e. The van der Waals surface area contributed by atoms with E-state index in [1.165, 1.54) is 6.26 Å². The van der Waals surface area contributed by atoms with Gasteiger partial charge in [-0.15, -0.1) is 0 Å². The Balaban J connectivity index is 2.41. The van der Waals surface area contributed by atoms with Gasteiger partial charge in [0.25, 0.3) is 5.88 Å². The lowest BCUT2D eigenvalue weighted by Gasteiger charge is -1.93. The van der Waals surface area contributed by atoms with Gasteiger partial charge in [-0.25, -0.2) is 0 Å². The molecule has 0 aliphatic heterocycles. The van der Waals surface area contributed by atoms with Gasteiger partial charge in [0.1, 0.15) is 0 Å². The van der Waals surface area contributed by atoms with Gasteiger partial charge in [-0.1, -0.05) is 11.6 Å². The van der Waals surface area contributed by atoms with Crippen molar-refractivity contribution in [2.75, 3.05) is 0 Å². The first-order valence-corrected chi connectivity index (χ1v) is 4.04. The Bertz CT molecular complexity index is 408. The normalized spacial score (nSPS) is 10.2. The molecule has 0 unspecified atom stereocenters. The number of hydrogen-bond acceptors (Lipinski definition) is 3. The van der Waals surface area contributed by atoms with E-state index in [9.17, 15) is 0 Å². The van der Waals surface area contributed by atoms with Crippen molar-refractivity contribution in [3.8, 4) is 17.3 Å². The second kappa shape index (κ2) is 3.11. The fraction of sp³-hybridized carbons (Fsp3) is 0. The van der Waals surface area contributed by atoms with E-state index in [0.29, 0.717) is 10.9 Å². The SMILES string of the molecule is Oc1coc(-c2ccc(Cl)cc2)n1. The maximum Gasteiger partial charge on any atom is 0.250 e. The van der Waals surface area contributed by atoms with Crippen LogP contribution in [0.15, 0.2) is 34.9 Å². The van der Waals surface area contributed by atoms with E-state index in [-0.39, 0.29) is 5.88 Å². The number of halogens is 1. The zero-order chi connectivity index (χ0) is 9.26. The zero-order valence-electron chi connectivity index (χ0n) is 6.57. The van der Waals surface area contributed by atoms with Crippen molar-refractivity contribution in [1.29, 1.82) is 0 Å². The highest BCUT2D eigenvalue weighted by Crippen LogP contribution is 2.22. The summed E-state index contributed by atoms with van der Waals surface area (Å²) in [6.45, 7) is 0. The van der Waals surface area contributed by atoms with Gasteiger partial charge in [-0.3, -0.25) is 0 Å². The number of aromatic hydroxyl groups is 1. The number of oxazole rings is 1. The minimum atomic E-state index is -0.120. The van der Waals surface area contributed by atoms with Crippen LogP contribution in [0.2, 0.25) is 5.02 Å². The van der Waals surface area contributed by atoms with E-state index in [4.69, 9.17) is 21.1 Å². The molecule has 1 aromatic heterocycles. The Morgan fingerprint density at radius 2 is 1.92 bits per heavy atom. The van der Waals surface area contributed by atoms with Gasteiger partial charge in [-0.05, 0) is 24.3 Å². The van der Waals surface area contributed by atoms with Gasteiger partial charge in [0, 0.05) is 10.6 Å². The van der Waals surface area contributed by atoms with Crippen LogP contribution in [0.5, 0.6) is 5.88 Å². The van der Waals surface area contributed by atoms with Crippen LogP contribution in [-0.4, -0.2) is 10.1 Å². The second-order valence-corrected chi connectivity index (χ2v) is 2.95. The third kappa shape index (κ3) is 1.65. The van der Waals surface area contributed by atoms with Crippen LogP contribution in [0.25, 0.3) is 11.5 Å². The monoisotopic (exact) mass is 195 g/mol. The van der Waals surface area contributed by atoms with Crippen LogP contribution < -0.4 is 0 Å². The average Bonchev–Trinajstić information content (AvgIpc) is 2.53. The molecule has 0 saturated carbocycles. The lowest BCUT2D eigenvalue weighted by molar-refractivity contribution is 0.448. The summed E-state index contributed by atoms with van der Waals surface area (Å²) in [6.07, 6.45) is 1.18. The first-order chi connectivity index (χ1) is 6.25. The molecule has 1 aromatic carbocycles. The van der Waals surface area contributed by atoms with Crippen LogP contribution in [0, 0.1) is 0 Å². The molecule has 0 aliphatic carbocycles. The first kappa shape index (κ1) is 8.13. The summed E-state index contributed by atoms with van der Waals surface area (Å²) < 4.78 is 4.99. The third-order valence-corrected chi connectivity index (χ3v) is 1.84. The lowest BCUT2D eigenvalue weighted by Crippen LogP contribution is -1.75. The molecule has 13 heavy (non-hydrogen) atoms. The Labute approximate surface area is 79.6 Å². The summed E-state index contributed by atoms with van der Waals surface area (Å²) >= 11 is 5.70. The summed E-state index contributed by atoms with van der Waals surface area (Å²) in [7, 11) is 0. The predicted molar refractivity (Wildman–Crippen MR) is 48.6 cm³/mol. The molecular weight excluding hydrogens is 190 g/mol. The Kier molecular flexibility index (Phi) is 1.94. The molecule has 0 saturated heterocycles. The van der Waals surface area contributed by atoms with Crippen molar-refractivity contribution >= 4 is 11.6 Å². The number of aromatic nitrogens is 1. The van der Waals surface area contributed by atoms with Gasteiger partial charge in [-0.2, -0.15) is 4.98 Å². The molecule has 66 valence electrons. The van der Waals surface area contributed by atoms with Crippen molar-refractivity contribution < 1.29 is 9.52 Å². The van der Waals surface area contributed by atoms with Crippen LogP contribution in [-0.2, 0) is 0 Å². The number of nitrogens with zero attached hydrogens (tertiary/aromatic N) is 1. The van der Waals surface area contributed by atoms with Crippen LogP contribution in [0.3, 0.4) is 0 Å². The largest absolute Gasteiger partial charge is 0.491 e. The van der Waals surface area contributed by atoms with E-state index in [2.05, 4.69) is 4.98 Å². The molecule has 2 rings (SSSR count). The minimum Gasteiger partial charge on any atom is -0.491 e. The van der Waals surface area contributed by atoms with E-state index in [1.807, 2.05) is 0 Å². The van der Waals surface area contributed by atoms with E-state index < -0.39 is 0 Å². The summed E-state index contributed by atoms with van der Waals surface area (Å²) in [5.41, 5.74) is 0.782. The summed E-state index contributed by atoms with van der Waals surface area (Å²) in [5, 5.41) is 9.59. The molecule has 0 bridgehead atoms. The molecule has 0 atom stereocenters. The molecule has 0 amide bonds. The molecule has 4 heteroatoms. The van der Waals surface area contributed by atoms with E-state index in [0.717, 1.165) is 5.56 Å². The molecule has 2 aromatic rings. The summed E-state index contributed by atoms with van der Waals surface area (Å²) in [4.78, 5) is 3.76. The van der Waals surface area contributed by atoms with Crippen LogP contribution in [0.1, 0.15) is 0 Å². The molecule has 1 N–H and O–H groups in total. The third-order valence-electron chi connectivity index (χ3n) is 1.58. The van der Waals surface area contributed by atoms with Gasteiger partial charge >= 0.3 is 0 Å². The standard InChI is InChI=1S/C9H6ClNO2/c10-7-3-1-6(2-4-7)9-11-8(12)5-13-9/h1-5,12H.